The van der Waals surface area contributed by atoms with Crippen molar-refractivity contribution in [3.05, 3.63) is 66.5 Å². The summed E-state index contributed by atoms with van der Waals surface area (Å²) in [5, 5.41) is 7.85. The van der Waals surface area contributed by atoms with Crippen LogP contribution in [0.2, 0.25) is 0 Å². The van der Waals surface area contributed by atoms with Gasteiger partial charge in [0.1, 0.15) is 12.3 Å². The first kappa shape index (κ1) is 19.4. The van der Waals surface area contributed by atoms with Crippen molar-refractivity contribution in [2.45, 2.75) is 19.0 Å². The van der Waals surface area contributed by atoms with Crippen molar-refractivity contribution >= 4 is 26.8 Å². The summed E-state index contributed by atoms with van der Waals surface area (Å²) in [6, 6.07) is 8.58. The quantitative estimate of drug-likeness (QED) is 0.507. The molecule has 0 bridgehead atoms. The third-order valence-electron chi connectivity index (χ3n) is 5.26. The minimum atomic E-state index is -3.10. The largest absolute Gasteiger partial charge is 0.467 e. The summed E-state index contributed by atoms with van der Waals surface area (Å²) in [4.78, 5) is 22.0. The van der Waals surface area contributed by atoms with Gasteiger partial charge in [0, 0.05) is 24.0 Å². The molecule has 4 aromatic heterocycles. The van der Waals surface area contributed by atoms with Gasteiger partial charge in [-0.05, 0) is 36.8 Å². The van der Waals surface area contributed by atoms with Gasteiger partial charge in [0.15, 0.2) is 15.5 Å². The average molecular weight is 437 g/mol. The molecule has 4 aromatic rings. The van der Waals surface area contributed by atoms with Gasteiger partial charge in [-0.2, -0.15) is 5.10 Å². The molecule has 1 atom stereocenters. The van der Waals surface area contributed by atoms with Crippen LogP contribution in [0.1, 0.15) is 22.5 Å². The fraction of sp³-hybridized carbons (Fsp3) is 0.238. The number of amides is 1. The van der Waals surface area contributed by atoms with Crippen molar-refractivity contribution in [2.24, 2.45) is 0 Å². The number of furan rings is 1. The Labute approximate surface area is 178 Å². The molecule has 0 spiro atoms. The number of rotatable bonds is 5. The Morgan fingerprint density at radius 1 is 1.26 bits per heavy atom. The van der Waals surface area contributed by atoms with E-state index in [1.165, 1.54) is 0 Å². The van der Waals surface area contributed by atoms with Crippen molar-refractivity contribution in [3.8, 4) is 11.3 Å². The zero-order valence-electron chi connectivity index (χ0n) is 16.4. The first-order chi connectivity index (χ1) is 15.0. The number of nitrogens with zero attached hydrogens (tertiary/aromatic N) is 4. The zero-order chi connectivity index (χ0) is 21.4. The van der Waals surface area contributed by atoms with E-state index in [0.29, 0.717) is 41.0 Å². The summed E-state index contributed by atoms with van der Waals surface area (Å²) in [5.41, 5.74) is 2.25. The second kappa shape index (κ2) is 7.62. The molecule has 5 heterocycles. The Hall–Kier alpha value is -3.53. The lowest BCUT2D eigenvalue weighted by Gasteiger charge is -2.13. The molecule has 0 radical (unpaired) electrons. The van der Waals surface area contributed by atoms with Crippen LogP contribution in [0.3, 0.4) is 0 Å². The van der Waals surface area contributed by atoms with E-state index < -0.39 is 15.9 Å². The third kappa shape index (κ3) is 3.93. The highest BCUT2D eigenvalue weighted by atomic mass is 32.2. The first-order valence-electron chi connectivity index (χ1n) is 9.79. The maximum absolute atomic E-state index is 13.1. The minimum Gasteiger partial charge on any atom is -0.467 e. The molecule has 31 heavy (non-hydrogen) atoms. The smallest absolute Gasteiger partial charge is 0.252 e. The van der Waals surface area contributed by atoms with Crippen LogP contribution >= 0.6 is 0 Å². The molecule has 1 N–H and O–H groups in total. The lowest BCUT2D eigenvalue weighted by molar-refractivity contribution is 0.0943. The van der Waals surface area contributed by atoms with Gasteiger partial charge < -0.3 is 9.73 Å². The molecule has 9 nitrogen and oxygen atoms in total. The van der Waals surface area contributed by atoms with Crippen LogP contribution in [0.4, 0.5) is 0 Å². The number of carbonyl (C=O) groups is 1. The molecule has 0 aromatic carbocycles. The van der Waals surface area contributed by atoms with Gasteiger partial charge >= 0.3 is 0 Å². The lowest BCUT2D eigenvalue weighted by Crippen LogP contribution is -2.35. The lowest BCUT2D eigenvalue weighted by atomic mass is 10.1. The number of carbonyl (C=O) groups excluding carboxylic acids is 1. The summed E-state index contributed by atoms with van der Waals surface area (Å²) in [5.74, 6) is 0.407. The maximum atomic E-state index is 13.1. The summed E-state index contributed by atoms with van der Waals surface area (Å²) in [6.07, 6.45) is 6.93. The number of nitrogens with one attached hydrogen (secondary N) is 1. The molecule has 1 amide bonds. The molecule has 0 aliphatic carbocycles. The Balaban J connectivity index is 1.57. The molecule has 0 saturated carbocycles. The van der Waals surface area contributed by atoms with Crippen LogP contribution in [-0.2, 0) is 16.4 Å². The van der Waals surface area contributed by atoms with Crippen LogP contribution in [0.25, 0.3) is 22.3 Å². The van der Waals surface area contributed by atoms with Gasteiger partial charge in [-0.1, -0.05) is 0 Å². The summed E-state index contributed by atoms with van der Waals surface area (Å²) < 4.78 is 30.6. The first-order valence-corrected chi connectivity index (χ1v) is 11.6. The van der Waals surface area contributed by atoms with Crippen molar-refractivity contribution in [1.29, 1.82) is 0 Å². The zero-order valence-corrected chi connectivity index (χ0v) is 17.2. The van der Waals surface area contributed by atoms with Gasteiger partial charge in [0.2, 0.25) is 0 Å². The van der Waals surface area contributed by atoms with Crippen molar-refractivity contribution in [3.63, 3.8) is 0 Å². The highest BCUT2D eigenvalue weighted by molar-refractivity contribution is 7.91. The number of fused-ring (bicyclic) bond motifs is 1. The molecular weight excluding hydrogens is 418 g/mol. The molecule has 5 rings (SSSR count). The van der Waals surface area contributed by atoms with E-state index in [9.17, 15) is 13.2 Å². The van der Waals surface area contributed by atoms with Gasteiger partial charge in [-0.15, -0.1) is 0 Å². The van der Waals surface area contributed by atoms with Gasteiger partial charge in [0.25, 0.3) is 5.91 Å². The van der Waals surface area contributed by atoms with E-state index in [0.717, 1.165) is 5.56 Å². The molecule has 1 fully saturated rings. The maximum Gasteiger partial charge on any atom is 0.252 e. The third-order valence-corrected chi connectivity index (χ3v) is 7.03. The monoisotopic (exact) mass is 437 g/mol. The van der Waals surface area contributed by atoms with Gasteiger partial charge in [-0.3, -0.25) is 9.78 Å². The normalized spacial score (nSPS) is 17.7. The van der Waals surface area contributed by atoms with Crippen molar-refractivity contribution in [2.75, 3.05) is 11.5 Å². The second-order valence-electron chi connectivity index (χ2n) is 7.49. The molecule has 1 unspecified atom stereocenters. The molecule has 1 aliphatic heterocycles. The topological polar surface area (TPSA) is 120 Å². The summed E-state index contributed by atoms with van der Waals surface area (Å²) in [6.45, 7) is 0.363. The van der Waals surface area contributed by atoms with Crippen LogP contribution in [-0.4, -0.2) is 51.6 Å². The predicted octanol–water partition coefficient (Wildman–Crippen LogP) is 2.05. The van der Waals surface area contributed by atoms with Gasteiger partial charge in [-0.25, -0.2) is 18.1 Å². The number of pyridine rings is 2. The number of sulfone groups is 1. The predicted molar refractivity (Wildman–Crippen MR) is 113 cm³/mol. The Kier molecular flexibility index (Phi) is 4.78. The van der Waals surface area contributed by atoms with Crippen molar-refractivity contribution < 1.29 is 17.6 Å². The number of aromatic nitrogens is 4. The van der Waals surface area contributed by atoms with E-state index in [-0.39, 0.29) is 17.4 Å². The van der Waals surface area contributed by atoms with E-state index in [2.05, 4.69) is 15.4 Å². The standard InChI is InChI=1S/C21H19N5O4S/c27-21(24-15-5-8-31(28,29)13-15)17-9-19(14-3-1-6-22-10-14)25-20-18(17)11-23-26(20)12-16-4-2-7-30-16/h1-4,6-7,9-11,15H,5,8,12-13H2,(H,24,27). The Morgan fingerprint density at radius 2 is 2.16 bits per heavy atom. The number of hydrogen-bond donors (Lipinski definition) is 1. The van der Waals surface area contributed by atoms with E-state index in [4.69, 9.17) is 9.40 Å². The second-order valence-corrected chi connectivity index (χ2v) is 9.72. The molecule has 10 heteroatoms. The van der Waals surface area contributed by atoms with Crippen LogP contribution in [0.15, 0.2) is 59.6 Å². The van der Waals surface area contributed by atoms with Crippen LogP contribution in [0, 0.1) is 0 Å². The molecule has 158 valence electrons. The number of hydrogen-bond acceptors (Lipinski definition) is 7. The SMILES string of the molecule is O=C(NC1CCS(=O)(=O)C1)c1cc(-c2cccnc2)nc2c1cnn2Cc1ccco1. The van der Waals surface area contributed by atoms with Crippen LogP contribution < -0.4 is 5.32 Å². The van der Waals surface area contributed by atoms with E-state index >= 15 is 0 Å². The Bertz CT molecular complexity index is 1350. The average Bonchev–Trinajstić information content (AvgIpc) is 3.49. The van der Waals surface area contributed by atoms with Crippen molar-refractivity contribution in [1.82, 2.24) is 25.1 Å². The van der Waals surface area contributed by atoms with Crippen LogP contribution in [0.5, 0.6) is 0 Å². The van der Waals surface area contributed by atoms with Gasteiger partial charge in [0.05, 0.1) is 40.6 Å². The molecule has 1 aliphatic rings. The minimum absolute atomic E-state index is 0.0415. The highest BCUT2D eigenvalue weighted by Gasteiger charge is 2.30. The molecular formula is C21H19N5O4S. The highest BCUT2D eigenvalue weighted by Crippen LogP contribution is 2.25. The Morgan fingerprint density at radius 3 is 2.87 bits per heavy atom. The molecule has 1 saturated heterocycles. The summed E-state index contributed by atoms with van der Waals surface area (Å²) >= 11 is 0. The van der Waals surface area contributed by atoms with E-state index in [1.807, 2.05) is 12.1 Å². The fourth-order valence-corrected chi connectivity index (χ4v) is 5.41. The van der Waals surface area contributed by atoms with E-state index in [1.54, 1.807) is 47.7 Å². The fourth-order valence-electron chi connectivity index (χ4n) is 3.74. The summed E-state index contributed by atoms with van der Waals surface area (Å²) in [7, 11) is -3.10.